The van der Waals surface area contributed by atoms with Crippen molar-refractivity contribution in [2.24, 2.45) is 11.1 Å². The van der Waals surface area contributed by atoms with E-state index in [0.717, 1.165) is 13.1 Å². The second-order valence-electron chi connectivity index (χ2n) is 5.81. The molecule has 1 aromatic rings. The Hall–Kier alpha value is -1.02. The zero-order valence-electron chi connectivity index (χ0n) is 11.6. The molecule has 18 heavy (non-hydrogen) atoms. The average molecular weight is 246 g/mol. The Bertz CT molecular complexity index is 339. The minimum atomic E-state index is 0.334. The number of benzene rings is 1. The van der Waals surface area contributed by atoms with E-state index in [0.29, 0.717) is 5.41 Å². The molecule has 0 saturated heterocycles. The Morgan fingerprint density at radius 2 is 1.67 bits per heavy atom. The lowest BCUT2D eigenvalue weighted by Gasteiger charge is -2.36. The van der Waals surface area contributed by atoms with Crippen LogP contribution in [0, 0.1) is 5.41 Å². The van der Waals surface area contributed by atoms with Crippen molar-refractivity contribution in [2.45, 2.75) is 38.5 Å². The molecule has 0 aromatic heterocycles. The van der Waals surface area contributed by atoms with Crippen LogP contribution in [0.15, 0.2) is 30.3 Å². The minimum absolute atomic E-state index is 0.334. The van der Waals surface area contributed by atoms with Gasteiger partial charge in [-0.3, -0.25) is 0 Å². The molecule has 1 aliphatic carbocycles. The van der Waals surface area contributed by atoms with Crippen molar-refractivity contribution in [2.75, 3.05) is 25.0 Å². The molecule has 100 valence electrons. The molecule has 0 spiro atoms. The highest BCUT2D eigenvalue weighted by molar-refractivity contribution is 5.45. The molecule has 0 aliphatic heterocycles. The van der Waals surface area contributed by atoms with E-state index in [2.05, 4.69) is 42.3 Å². The van der Waals surface area contributed by atoms with Crippen molar-refractivity contribution < 1.29 is 0 Å². The van der Waals surface area contributed by atoms with Crippen LogP contribution in [0.25, 0.3) is 0 Å². The molecule has 0 atom stereocenters. The SMILES string of the molecule is CN(CC1(CN)CCCCCC1)c1ccccc1. The lowest BCUT2D eigenvalue weighted by atomic mass is 9.80. The lowest BCUT2D eigenvalue weighted by molar-refractivity contribution is 0.262. The van der Waals surface area contributed by atoms with Crippen LogP contribution >= 0.6 is 0 Å². The van der Waals surface area contributed by atoms with Crippen molar-refractivity contribution in [3.8, 4) is 0 Å². The predicted octanol–water partition coefficient (Wildman–Crippen LogP) is 3.42. The second-order valence-corrected chi connectivity index (χ2v) is 5.81. The molecular weight excluding hydrogens is 220 g/mol. The fourth-order valence-electron chi connectivity index (χ4n) is 3.18. The largest absolute Gasteiger partial charge is 0.374 e. The third-order valence-corrected chi connectivity index (χ3v) is 4.37. The topological polar surface area (TPSA) is 29.3 Å². The van der Waals surface area contributed by atoms with Crippen LogP contribution in [0.5, 0.6) is 0 Å². The Balaban J connectivity index is 2.05. The third-order valence-electron chi connectivity index (χ3n) is 4.37. The number of nitrogens with two attached hydrogens (primary N) is 1. The molecule has 1 saturated carbocycles. The Kier molecular flexibility index (Phi) is 4.65. The lowest BCUT2D eigenvalue weighted by Crippen LogP contribution is -2.41. The average Bonchev–Trinajstić information content (AvgIpc) is 2.66. The van der Waals surface area contributed by atoms with Crippen LogP contribution < -0.4 is 10.6 Å². The molecule has 1 fully saturated rings. The first-order valence-electron chi connectivity index (χ1n) is 7.22. The summed E-state index contributed by atoms with van der Waals surface area (Å²) in [7, 11) is 2.19. The number of hydrogen-bond acceptors (Lipinski definition) is 2. The standard InChI is InChI=1S/C16H26N2/c1-18(15-9-5-4-6-10-15)14-16(13-17)11-7-2-3-8-12-16/h4-6,9-10H,2-3,7-8,11-14,17H2,1H3. The summed E-state index contributed by atoms with van der Waals surface area (Å²) in [6.45, 7) is 1.91. The Morgan fingerprint density at radius 3 is 2.22 bits per heavy atom. The van der Waals surface area contributed by atoms with Crippen LogP contribution in [-0.4, -0.2) is 20.1 Å². The molecule has 2 rings (SSSR count). The number of hydrogen-bond donors (Lipinski definition) is 1. The van der Waals surface area contributed by atoms with Gasteiger partial charge in [0.15, 0.2) is 0 Å². The van der Waals surface area contributed by atoms with Crippen LogP contribution in [0.1, 0.15) is 38.5 Å². The Morgan fingerprint density at radius 1 is 1.06 bits per heavy atom. The number of rotatable bonds is 4. The summed E-state index contributed by atoms with van der Waals surface area (Å²) in [6, 6.07) is 10.6. The van der Waals surface area contributed by atoms with E-state index < -0.39 is 0 Å². The first-order valence-corrected chi connectivity index (χ1v) is 7.22. The van der Waals surface area contributed by atoms with Gasteiger partial charge in [0.1, 0.15) is 0 Å². The molecule has 2 N–H and O–H groups in total. The summed E-state index contributed by atoms with van der Waals surface area (Å²) in [5.74, 6) is 0. The summed E-state index contributed by atoms with van der Waals surface area (Å²) >= 11 is 0. The summed E-state index contributed by atoms with van der Waals surface area (Å²) in [5.41, 5.74) is 7.74. The molecule has 0 amide bonds. The number of nitrogens with zero attached hydrogens (tertiary/aromatic N) is 1. The molecule has 2 heteroatoms. The first-order chi connectivity index (χ1) is 8.76. The van der Waals surface area contributed by atoms with E-state index >= 15 is 0 Å². The van der Waals surface area contributed by atoms with Gasteiger partial charge in [0, 0.05) is 24.7 Å². The van der Waals surface area contributed by atoms with Crippen LogP contribution in [0.4, 0.5) is 5.69 Å². The predicted molar refractivity (Wildman–Crippen MR) is 78.9 cm³/mol. The maximum absolute atomic E-state index is 6.11. The fraction of sp³-hybridized carbons (Fsp3) is 0.625. The van der Waals surface area contributed by atoms with Gasteiger partial charge in [-0.05, 0) is 31.5 Å². The van der Waals surface area contributed by atoms with E-state index in [9.17, 15) is 0 Å². The molecule has 0 unspecified atom stereocenters. The maximum atomic E-state index is 6.11. The van der Waals surface area contributed by atoms with E-state index in [-0.39, 0.29) is 0 Å². The van der Waals surface area contributed by atoms with E-state index in [1.54, 1.807) is 0 Å². The van der Waals surface area contributed by atoms with E-state index in [4.69, 9.17) is 5.73 Å². The Labute approximate surface area is 111 Å². The zero-order chi connectivity index (χ0) is 12.8. The summed E-state index contributed by atoms with van der Waals surface area (Å²) in [6.07, 6.45) is 8.05. The van der Waals surface area contributed by atoms with E-state index in [1.165, 1.54) is 44.2 Å². The van der Waals surface area contributed by atoms with Gasteiger partial charge in [0.25, 0.3) is 0 Å². The fourth-order valence-corrected chi connectivity index (χ4v) is 3.18. The molecular formula is C16H26N2. The molecule has 1 aliphatic rings. The number of anilines is 1. The van der Waals surface area contributed by atoms with Gasteiger partial charge < -0.3 is 10.6 Å². The highest BCUT2D eigenvalue weighted by Crippen LogP contribution is 2.35. The first kappa shape index (κ1) is 13.4. The number of para-hydroxylation sites is 1. The van der Waals surface area contributed by atoms with Crippen molar-refractivity contribution >= 4 is 5.69 Å². The van der Waals surface area contributed by atoms with Gasteiger partial charge in [-0.2, -0.15) is 0 Å². The van der Waals surface area contributed by atoms with Crippen LogP contribution in [0.3, 0.4) is 0 Å². The van der Waals surface area contributed by atoms with Crippen LogP contribution in [0.2, 0.25) is 0 Å². The highest BCUT2D eigenvalue weighted by Gasteiger charge is 2.30. The summed E-state index contributed by atoms with van der Waals surface area (Å²) in [5, 5.41) is 0. The molecule has 1 aromatic carbocycles. The van der Waals surface area contributed by atoms with Crippen molar-refractivity contribution in [3.63, 3.8) is 0 Å². The van der Waals surface area contributed by atoms with Gasteiger partial charge in [0.2, 0.25) is 0 Å². The normalized spacial score (nSPS) is 19.2. The van der Waals surface area contributed by atoms with Crippen molar-refractivity contribution in [1.82, 2.24) is 0 Å². The molecule has 0 bridgehead atoms. The van der Waals surface area contributed by atoms with Gasteiger partial charge in [-0.25, -0.2) is 0 Å². The highest BCUT2D eigenvalue weighted by atomic mass is 15.1. The smallest absolute Gasteiger partial charge is 0.0363 e. The third kappa shape index (κ3) is 3.26. The summed E-state index contributed by atoms with van der Waals surface area (Å²) < 4.78 is 0. The van der Waals surface area contributed by atoms with E-state index in [1.807, 2.05) is 0 Å². The minimum Gasteiger partial charge on any atom is -0.374 e. The monoisotopic (exact) mass is 246 g/mol. The van der Waals surface area contributed by atoms with Crippen LogP contribution in [-0.2, 0) is 0 Å². The summed E-state index contributed by atoms with van der Waals surface area (Å²) in [4.78, 5) is 2.37. The van der Waals surface area contributed by atoms with Gasteiger partial charge >= 0.3 is 0 Å². The van der Waals surface area contributed by atoms with Gasteiger partial charge in [0.05, 0.1) is 0 Å². The van der Waals surface area contributed by atoms with Crippen molar-refractivity contribution in [3.05, 3.63) is 30.3 Å². The van der Waals surface area contributed by atoms with Crippen molar-refractivity contribution in [1.29, 1.82) is 0 Å². The van der Waals surface area contributed by atoms with Gasteiger partial charge in [-0.1, -0.05) is 43.9 Å². The quantitative estimate of drug-likeness (QED) is 0.825. The molecule has 0 radical (unpaired) electrons. The zero-order valence-corrected chi connectivity index (χ0v) is 11.6. The second kappa shape index (κ2) is 6.24. The maximum Gasteiger partial charge on any atom is 0.0363 e. The van der Waals surface area contributed by atoms with Gasteiger partial charge in [-0.15, -0.1) is 0 Å². The molecule has 2 nitrogen and oxygen atoms in total. The molecule has 0 heterocycles.